The van der Waals surface area contributed by atoms with Crippen LogP contribution in [0.5, 0.6) is 23.0 Å². The highest BCUT2D eigenvalue weighted by Gasteiger charge is 2.19. The predicted octanol–water partition coefficient (Wildman–Crippen LogP) is 14.7. The van der Waals surface area contributed by atoms with E-state index >= 15 is 0 Å². The van der Waals surface area contributed by atoms with E-state index in [9.17, 15) is 9.90 Å². The number of ether oxygens (including phenoxy) is 3. The molecule has 3 rings (SSSR count). The van der Waals surface area contributed by atoms with Crippen LogP contribution in [0.2, 0.25) is 0 Å². The number of rotatable bonds is 21. The van der Waals surface area contributed by atoms with Crippen LogP contribution in [0, 0.1) is 0 Å². The van der Waals surface area contributed by atoms with Crippen molar-refractivity contribution < 1.29 is 23.7 Å². The zero-order chi connectivity index (χ0) is 42.8. The van der Waals surface area contributed by atoms with Gasteiger partial charge in [0.05, 0.1) is 14.2 Å². The summed E-state index contributed by atoms with van der Waals surface area (Å²) in [4.78, 5) is 13.6. The summed E-state index contributed by atoms with van der Waals surface area (Å²) in [5.41, 5.74) is 12.3. The fourth-order valence-electron chi connectivity index (χ4n) is 6.02. The summed E-state index contributed by atoms with van der Waals surface area (Å²) in [5, 5.41) is 10.8. The van der Waals surface area contributed by atoms with Gasteiger partial charge in [0.25, 0.3) is 0 Å². The molecule has 1 heterocycles. The van der Waals surface area contributed by atoms with Crippen LogP contribution in [0.1, 0.15) is 121 Å². The van der Waals surface area contributed by atoms with Crippen LogP contribution in [0.3, 0.4) is 0 Å². The lowest BCUT2D eigenvalue weighted by Gasteiger charge is -2.12. The highest BCUT2D eigenvalue weighted by molar-refractivity contribution is 5.98. The Morgan fingerprint density at radius 2 is 0.948 bits per heavy atom. The van der Waals surface area contributed by atoms with E-state index in [4.69, 9.17) is 18.6 Å². The summed E-state index contributed by atoms with van der Waals surface area (Å²) in [6.07, 6.45) is 28.4. The molecule has 0 unspecified atom stereocenters. The summed E-state index contributed by atoms with van der Waals surface area (Å²) in [6.45, 7) is 22.1. The molecule has 0 radical (unpaired) electrons. The van der Waals surface area contributed by atoms with E-state index in [1.54, 1.807) is 25.3 Å². The first kappa shape index (κ1) is 47.1. The molecule has 312 valence electrons. The van der Waals surface area contributed by atoms with E-state index in [0.717, 1.165) is 56.9 Å². The fraction of sp³-hybridized carbons (Fsp3) is 0.404. The maximum atomic E-state index is 13.6. The molecule has 1 N–H and O–H groups in total. The summed E-state index contributed by atoms with van der Waals surface area (Å²) in [7, 11) is 3.02. The van der Waals surface area contributed by atoms with Crippen molar-refractivity contribution >= 4 is 21.9 Å². The zero-order valence-corrected chi connectivity index (χ0v) is 37.4. The van der Waals surface area contributed by atoms with Crippen LogP contribution in [-0.2, 0) is 0 Å². The number of hydrogen-bond donors (Lipinski definition) is 1. The van der Waals surface area contributed by atoms with Gasteiger partial charge in [0.1, 0.15) is 40.2 Å². The van der Waals surface area contributed by atoms with Crippen molar-refractivity contribution in [3.63, 3.8) is 0 Å². The van der Waals surface area contributed by atoms with Crippen LogP contribution in [-0.4, -0.2) is 25.9 Å². The topological polar surface area (TPSA) is 78.1 Å². The molecule has 0 fully saturated rings. The van der Waals surface area contributed by atoms with E-state index in [0.29, 0.717) is 17.2 Å². The molecule has 0 saturated heterocycles. The minimum atomic E-state index is -0.404. The van der Waals surface area contributed by atoms with E-state index in [2.05, 4.69) is 118 Å². The van der Waals surface area contributed by atoms with Crippen LogP contribution in [0.15, 0.2) is 138 Å². The fourth-order valence-corrected chi connectivity index (χ4v) is 6.02. The van der Waals surface area contributed by atoms with Gasteiger partial charge < -0.3 is 23.7 Å². The van der Waals surface area contributed by atoms with Crippen molar-refractivity contribution in [2.24, 2.45) is 0 Å². The second-order valence-corrected chi connectivity index (χ2v) is 16.1. The quantitative estimate of drug-likeness (QED) is 0.0855. The Morgan fingerprint density at radius 3 is 1.34 bits per heavy atom. The summed E-state index contributed by atoms with van der Waals surface area (Å²) in [6, 6.07) is 6.27. The normalized spacial score (nSPS) is 14.1. The Morgan fingerprint density at radius 1 is 0.534 bits per heavy atom. The van der Waals surface area contributed by atoms with E-state index in [1.807, 2.05) is 6.08 Å². The van der Waals surface area contributed by atoms with Crippen molar-refractivity contribution in [2.75, 3.05) is 20.8 Å². The Labute approximate surface area is 348 Å². The highest BCUT2D eigenvalue weighted by atomic mass is 16.5. The summed E-state index contributed by atoms with van der Waals surface area (Å²) >= 11 is 0. The molecule has 0 atom stereocenters. The third kappa shape index (κ3) is 15.6. The second-order valence-electron chi connectivity index (χ2n) is 16.1. The maximum absolute atomic E-state index is 13.6. The molecular weight excluding hydrogens is 721 g/mol. The molecular formula is C52H68O6. The number of aromatic hydroxyl groups is 1. The molecule has 0 saturated carbocycles. The van der Waals surface area contributed by atoms with Gasteiger partial charge >= 0.3 is 0 Å². The van der Waals surface area contributed by atoms with Gasteiger partial charge in [-0.3, -0.25) is 4.79 Å². The third-order valence-electron chi connectivity index (χ3n) is 10.2. The largest absolute Gasteiger partial charge is 0.507 e. The van der Waals surface area contributed by atoms with Crippen LogP contribution < -0.4 is 19.6 Å². The Bertz CT molecular complexity index is 2220. The minimum Gasteiger partial charge on any atom is -0.507 e. The van der Waals surface area contributed by atoms with E-state index in [1.165, 1.54) is 57.8 Å². The highest BCUT2D eigenvalue weighted by Crippen LogP contribution is 2.37. The lowest BCUT2D eigenvalue weighted by molar-refractivity contribution is 0.359. The molecule has 0 amide bonds. The van der Waals surface area contributed by atoms with Crippen LogP contribution in [0.25, 0.3) is 21.9 Å². The van der Waals surface area contributed by atoms with Crippen molar-refractivity contribution in [1.82, 2.24) is 0 Å². The lowest BCUT2D eigenvalue weighted by atomic mass is 10.0. The third-order valence-corrected chi connectivity index (χ3v) is 10.2. The number of allylic oxidation sites excluding steroid dienone is 17. The molecule has 6 heteroatoms. The molecule has 6 nitrogen and oxygen atoms in total. The van der Waals surface area contributed by atoms with Gasteiger partial charge in [-0.2, -0.15) is 0 Å². The molecule has 2 aromatic carbocycles. The van der Waals surface area contributed by atoms with Gasteiger partial charge in [0.2, 0.25) is 5.43 Å². The SMILES string of the molecule is COc1cc(OC/C=C(\C)C/C=C(\C)C/C=C(\C)C/C=C(\C)C/C=C(\C)C/C=C(\C)C/C=C(\C)C/C=C(\C)CC=C(C)C)c2c(=O)c3c(O)ccc(OC)c3oc2c1. The Hall–Kier alpha value is -5.23. The number of hydrogen-bond acceptors (Lipinski definition) is 6. The Kier molecular flexibility index (Phi) is 19.4. The molecule has 1 aromatic heterocycles. The van der Waals surface area contributed by atoms with Crippen LogP contribution >= 0.6 is 0 Å². The minimum absolute atomic E-state index is 0.0426. The summed E-state index contributed by atoms with van der Waals surface area (Å²) in [5.74, 6) is 0.966. The molecule has 0 aliphatic heterocycles. The standard InChI is InChI=1S/C52H68O6/c1-35(2)13-14-36(3)15-16-37(4)17-18-38(5)19-20-39(6)21-22-40(7)23-24-41(8)25-26-42(9)27-28-43(10)31-32-57-47-33-44(55-11)34-48-50(47)51(54)49-45(53)29-30-46(56-12)52(49)58-48/h13,15,17,19,21,23,25,27,29-31,33-34,53H,14,16,18,20,22,24,26,28,32H2,1-12H3/b36-15+,37-17+,38-19+,39-21+,40-23+,41-25+,42-27+,43-31+. The molecule has 58 heavy (non-hydrogen) atoms. The average Bonchev–Trinajstić information content (AvgIpc) is 3.19. The monoisotopic (exact) mass is 789 g/mol. The lowest BCUT2D eigenvalue weighted by Crippen LogP contribution is -2.07. The number of fused-ring (bicyclic) bond motifs is 2. The second kappa shape index (κ2) is 23.9. The number of methoxy groups -OCH3 is 2. The zero-order valence-electron chi connectivity index (χ0n) is 37.4. The van der Waals surface area contributed by atoms with Crippen molar-refractivity contribution in [3.8, 4) is 23.0 Å². The first-order valence-corrected chi connectivity index (χ1v) is 20.5. The molecule has 0 spiro atoms. The van der Waals surface area contributed by atoms with Gasteiger partial charge in [-0.1, -0.05) is 98.8 Å². The van der Waals surface area contributed by atoms with Gasteiger partial charge in [-0.25, -0.2) is 0 Å². The molecule has 0 aliphatic rings. The van der Waals surface area contributed by atoms with Crippen molar-refractivity contribution in [3.05, 3.63) is 139 Å². The molecule has 3 aromatic rings. The van der Waals surface area contributed by atoms with E-state index < -0.39 is 5.43 Å². The first-order valence-electron chi connectivity index (χ1n) is 20.5. The van der Waals surface area contributed by atoms with Crippen LogP contribution in [0.4, 0.5) is 0 Å². The number of phenolic OH excluding ortho intramolecular Hbond substituents is 1. The molecule has 0 aliphatic carbocycles. The van der Waals surface area contributed by atoms with Crippen molar-refractivity contribution in [2.45, 2.75) is 121 Å². The maximum Gasteiger partial charge on any atom is 0.208 e. The number of benzene rings is 2. The first-order chi connectivity index (χ1) is 27.6. The van der Waals surface area contributed by atoms with Gasteiger partial charge in [0.15, 0.2) is 11.3 Å². The Balaban J connectivity index is 1.49. The van der Waals surface area contributed by atoms with Gasteiger partial charge in [-0.15, -0.1) is 0 Å². The number of phenols is 1. The predicted molar refractivity (Wildman–Crippen MR) is 247 cm³/mol. The average molecular weight is 789 g/mol. The van der Waals surface area contributed by atoms with Gasteiger partial charge in [-0.05, 0) is 139 Å². The molecule has 0 bridgehead atoms. The van der Waals surface area contributed by atoms with Gasteiger partial charge in [0, 0.05) is 12.1 Å². The van der Waals surface area contributed by atoms with Crippen molar-refractivity contribution in [1.29, 1.82) is 0 Å². The van der Waals surface area contributed by atoms with E-state index in [-0.39, 0.29) is 34.3 Å². The summed E-state index contributed by atoms with van der Waals surface area (Å²) < 4.78 is 23.0. The smallest absolute Gasteiger partial charge is 0.208 e.